The van der Waals surface area contributed by atoms with Crippen molar-refractivity contribution >= 4 is 15.9 Å². The van der Waals surface area contributed by atoms with Gasteiger partial charge in [0.05, 0.1) is 24.2 Å². The number of carbonyl (C=O) groups is 1. The zero-order chi connectivity index (χ0) is 17.2. The van der Waals surface area contributed by atoms with Gasteiger partial charge in [-0.2, -0.15) is 4.72 Å². The van der Waals surface area contributed by atoms with E-state index in [9.17, 15) is 13.2 Å². The number of hydrogen-bond acceptors (Lipinski definition) is 4. The molecule has 1 saturated heterocycles. The Morgan fingerprint density at radius 3 is 2.54 bits per heavy atom. The van der Waals surface area contributed by atoms with E-state index in [1.165, 1.54) is 5.56 Å². The molecule has 1 amide bonds. The topological polar surface area (TPSA) is 75.7 Å². The van der Waals surface area contributed by atoms with E-state index in [0.29, 0.717) is 26.3 Å². The van der Waals surface area contributed by atoms with Crippen LogP contribution in [0.2, 0.25) is 0 Å². The Labute approximate surface area is 143 Å². The summed E-state index contributed by atoms with van der Waals surface area (Å²) in [5.74, 6) is -0.208. The van der Waals surface area contributed by atoms with Gasteiger partial charge in [0.2, 0.25) is 15.9 Å². The molecule has 0 spiro atoms. The number of fused-ring (bicyclic) bond motifs is 1. The third kappa shape index (κ3) is 3.79. The van der Waals surface area contributed by atoms with Gasteiger partial charge in [-0.1, -0.05) is 6.07 Å². The lowest BCUT2D eigenvalue weighted by Gasteiger charge is -2.29. The number of sulfonamides is 1. The molecule has 1 fully saturated rings. The molecule has 0 unspecified atom stereocenters. The Morgan fingerprint density at radius 1 is 1.17 bits per heavy atom. The molecule has 1 aliphatic heterocycles. The lowest BCUT2D eigenvalue weighted by molar-refractivity contribution is -0.136. The van der Waals surface area contributed by atoms with E-state index in [1.807, 2.05) is 6.07 Å². The van der Waals surface area contributed by atoms with Gasteiger partial charge in [-0.25, -0.2) is 8.42 Å². The van der Waals surface area contributed by atoms with E-state index in [4.69, 9.17) is 4.74 Å². The highest BCUT2D eigenvalue weighted by molar-refractivity contribution is 7.89. The van der Waals surface area contributed by atoms with Crippen LogP contribution in [0.5, 0.6) is 0 Å². The van der Waals surface area contributed by atoms with Crippen molar-refractivity contribution in [1.29, 1.82) is 0 Å². The van der Waals surface area contributed by atoms with Crippen molar-refractivity contribution in [1.82, 2.24) is 9.62 Å². The second-order valence-electron chi connectivity index (χ2n) is 6.42. The third-order valence-corrected chi connectivity index (χ3v) is 6.19. The van der Waals surface area contributed by atoms with Crippen molar-refractivity contribution in [2.24, 2.45) is 0 Å². The largest absolute Gasteiger partial charge is 0.378 e. The van der Waals surface area contributed by atoms with Crippen LogP contribution in [-0.4, -0.2) is 51.6 Å². The van der Waals surface area contributed by atoms with Gasteiger partial charge < -0.3 is 9.64 Å². The quantitative estimate of drug-likeness (QED) is 0.880. The number of morpholine rings is 1. The number of ether oxygens (including phenoxy) is 1. The summed E-state index contributed by atoms with van der Waals surface area (Å²) in [5, 5.41) is 0. The van der Waals surface area contributed by atoms with Crippen molar-refractivity contribution in [2.45, 2.75) is 43.5 Å². The van der Waals surface area contributed by atoms with E-state index >= 15 is 0 Å². The normalized spacial score (nSPS) is 19.6. The summed E-state index contributed by atoms with van der Waals surface area (Å²) in [5.41, 5.74) is 2.34. The third-order valence-electron chi connectivity index (χ3n) is 4.66. The monoisotopic (exact) mass is 352 g/mol. The van der Waals surface area contributed by atoms with Gasteiger partial charge in [0.1, 0.15) is 0 Å². The molecule has 0 saturated carbocycles. The lowest BCUT2D eigenvalue weighted by atomic mass is 9.92. The Kier molecular flexibility index (Phi) is 5.22. The molecule has 24 heavy (non-hydrogen) atoms. The first-order chi connectivity index (χ1) is 11.5. The molecule has 1 aliphatic carbocycles. The Bertz CT molecular complexity index is 711. The summed E-state index contributed by atoms with van der Waals surface area (Å²) in [7, 11) is -3.71. The fourth-order valence-electron chi connectivity index (χ4n) is 3.29. The standard InChI is InChI=1S/C17H24N2O4S/c1-13(17(20)19-8-10-23-11-9-19)18-24(21,22)16-7-6-14-4-2-3-5-15(14)12-16/h6-7,12-13,18H,2-5,8-11H2,1H3/t13-/m0/s1. The molecule has 0 radical (unpaired) electrons. The van der Waals surface area contributed by atoms with Crippen LogP contribution in [0.25, 0.3) is 0 Å². The average Bonchev–Trinajstić information content (AvgIpc) is 2.61. The van der Waals surface area contributed by atoms with Gasteiger partial charge in [0, 0.05) is 13.1 Å². The van der Waals surface area contributed by atoms with E-state index in [1.54, 1.807) is 24.0 Å². The highest BCUT2D eigenvalue weighted by atomic mass is 32.2. The van der Waals surface area contributed by atoms with Crippen molar-refractivity contribution in [2.75, 3.05) is 26.3 Å². The number of carbonyl (C=O) groups excluding carboxylic acids is 1. The maximum absolute atomic E-state index is 12.6. The van der Waals surface area contributed by atoms with Crippen molar-refractivity contribution in [3.05, 3.63) is 29.3 Å². The maximum atomic E-state index is 12.6. The molecule has 3 rings (SSSR count). The van der Waals surface area contributed by atoms with Crippen LogP contribution < -0.4 is 4.72 Å². The fourth-order valence-corrected chi connectivity index (χ4v) is 4.53. The molecule has 0 aromatic heterocycles. The fraction of sp³-hybridized carbons (Fsp3) is 0.588. The second kappa shape index (κ2) is 7.21. The summed E-state index contributed by atoms with van der Waals surface area (Å²) in [6.07, 6.45) is 4.17. The maximum Gasteiger partial charge on any atom is 0.241 e. The van der Waals surface area contributed by atoms with E-state index in [-0.39, 0.29) is 10.8 Å². The SMILES string of the molecule is C[C@H](NS(=O)(=O)c1ccc2c(c1)CCCC2)C(=O)N1CCOCC1. The molecular formula is C17H24N2O4S. The Balaban J connectivity index is 1.72. The Morgan fingerprint density at radius 2 is 1.83 bits per heavy atom. The first kappa shape index (κ1) is 17.4. The van der Waals surface area contributed by atoms with Gasteiger partial charge in [-0.15, -0.1) is 0 Å². The van der Waals surface area contributed by atoms with Crippen molar-refractivity contribution in [3.63, 3.8) is 0 Å². The summed E-state index contributed by atoms with van der Waals surface area (Å²) in [6.45, 7) is 3.59. The minimum atomic E-state index is -3.71. The van der Waals surface area contributed by atoms with E-state index in [0.717, 1.165) is 31.2 Å². The zero-order valence-electron chi connectivity index (χ0n) is 14.0. The zero-order valence-corrected chi connectivity index (χ0v) is 14.8. The smallest absolute Gasteiger partial charge is 0.241 e. The highest BCUT2D eigenvalue weighted by Gasteiger charge is 2.27. The van der Waals surface area contributed by atoms with Crippen LogP contribution in [0.4, 0.5) is 0 Å². The predicted molar refractivity (Wildman–Crippen MR) is 90.3 cm³/mol. The molecule has 1 N–H and O–H groups in total. The summed E-state index contributed by atoms with van der Waals surface area (Å²) >= 11 is 0. The lowest BCUT2D eigenvalue weighted by Crippen LogP contribution is -2.50. The number of hydrogen-bond donors (Lipinski definition) is 1. The number of amides is 1. The van der Waals surface area contributed by atoms with Crippen molar-refractivity contribution < 1.29 is 17.9 Å². The molecule has 2 aliphatic rings. The van der Waals surface area contributed by atoms with E-state index in [2.05, 4.69) is 4.72 Å². The van der Waals surface area contributed by atoms with E-state index < -0.39 is 16.1 Å². The van der Waals surface area contributed by atoms with Crippen LogP contribution >= 0.6 is 0 Å². The first-order valence-corrected chi connectivity index (χ1v) is 9.96. The van der Waals surface area contributed by atoms with Gasteiger partial charge in [0.15, 0.2) is 0 Å². The van der Waals surface area contributed by atoms with Crippen LogP contribution in [0, 0.1) is 0 Å². The first-order valence-electron chi connectivity index (χ1n) is 8.48. The molecule has 1 aromatic carbocycles. The number of nitrogens with one attached hydrogen (secondary N) is 1. The van der Waals surface area contributed by atoms with Crippen LogP contribution in [0.3, 0.4) is 0 Å². The van der Waals surface area contributed by atoms with Gasteiger partial charge in [0.25, 0.3) is 0 Å². The number of rotatable bonds is 4. The minimum absolute atomic E-state index is 0.208. The second-order valence-corrected chi connectivity index (χ2v) is 8.13. The number of nitrogens with zero attached hydrogens (tertiary/aromatic N) is 1. The Hall–Kier alpha value is -1.44. The highest BCUT2D eigenvalue weighted by Crippen LogP contribution is 2.24. The molecule has 0 bridgehead atoms. The molecule has 6 nitrogen and oxygen atoms in total. The molecule has 1 aromatic rings. The predicted octanol–water partition coefficient (Wildman–Crippen LogP) is 1.09. The number of benzene rings is 1. The molecule has 1 atom stereocenters. The molecule has 7 heteroatoms. The van der Waals surface area contributed by atoms with Crippen LogP contribution in [-0.2, 0) is 32.4 Å². The van der Waals surface area contributed by atoms with Gasteiger partial charge in [-0.3, -0.25) is 4.79 Å². The molecule has 1 heterocycles. The molecular weight excluding hydrogens is 328 g/mol. The minimum Gasteiger partial charge on any atom is -0.378 e. The van der Waals surface area contributed by atoms with Crippen molar-refractivity contribution in [3.8, 4) is 0 Å². The molecule has 132 valence electrons. The van der Waals surface area contributed by atoms with Crippen LogP contribution in [0.15, 0.2) is 23.1 Å². The summed E-state index contributed by atoms with van der Waals surface area (Å²) < 4.78 is 33.0. The van der Waals surface area contributed by atoms with Gasteiger partial charge in [-0.05, 0) is 55.9 Å². The summed E-state index contributed by atoms with van der Waals surface area (Å²) in [4.78, 5) is 14.3. The number of aryl methyl sites for hydroxylation is 2. The summed E-state index contributed by atoms with van der Waals surface area (Å²) in [6, 6.07) is 4.50. The van der Waals surface area contributed by atoms with Crippen LogP contribution in [0.1, 0.15) is 30.9 Å². The van der Waals surface area contributed by atoms with Gasteiger partial charge >= 0.3 is 0 Å². The average molecular weight is 352 g/mol.